The maximum Gasteiger partial charge on any atom is 0.316 e. The summed E-state index contributed by atoms with van der Waals surface area (Å²) in [5.41, 5.74) is -1.08. The predicted molar refractivity (Wildman–Crippen MR) is 125 cm³/mol. The zero-order chi connectivity index (χ0) is 24.1. The highest BCUT2D eigenvalue weighted by Gasteiger charge is 2.76. The molecule has 3 fully saturated rings. The Morgan fingerprint density at radius 1 is 1.19 bits per heavy atom. The second kappa shape index (κ2) is 8.67. The summed E-state index contributed by atoms with van der Waals surface area (Å²) in [6.07, 6.45) is 1.68. The van der Waals surface area contributed by atoms with Crippen molar-refractivity contribution in [2.75, 3.05) is 33.9 Å². The van der Waals surface area contributed by atoms with Crippen LogP contribution in [0.4, 0.5) is 0 Å². The van der Waals surface area contributed by atoms with Gasteiger partial charge in [0.15, 0.2) is 8.32 Å². The average molecular weight is 470 g/mol. The van der Waals surface area contributed by atoms with Crippen LogP contribution in [0.5, 0.6) is 0 Å². The summed E-state index contributed by atoms with van der Waals surface area (Å²) in [7, 11) is 1.15. The molecule has 0 aromatic heterocycles. The number of carbonyl (C=O) groups is 2. The van der Waals surface area contributed by atoms with Crippen LogP contribution in [0.3, 0.4) is 0 Å². The maximum absolute atomic E-state index is 13.6. The van der Waals surface area contributed by atoms with E-state index in [0.717, 1.165) is 25.9 Å². The molecule has 3 rings (SSSR count). The summed E-state index contributed by atoms with van der Waals surface area (Å²) in [6, 6.07) is -0.250. The molecular weight excluding hydrogens is 426 g/mol. The van der Waals surface area contributed by atoms with Crippen LogP contribution in [0.25, 0.3) is 0 Å². The summed E-state index contributed by atoms with van der Waals surface area (Å²) in [6.45, 7) is 17.0. The first-order chi connectivity index (χ1) is 14.8. The van der Waals surface area contributed by atoms with Crippen LogP contribution in [0, 0.1) is 16.7 Å². The van der Waals surface area contributed by atoms with Crippen molar-refractivity contribution >= 4 is 20.3 Å². The predicted octanol–water partition coefficient (Wildman–Crippen LogP) is 3.62. The molecule has 1 unspecified atom stereocenters. The Labute approximate surface area is 194 Å². The second-order valence-electron chi connectivity index (χ2n) is 11.5. The quantitative estimate of drug-likeness (QED) is 0.416. The van der Waals surface area contributed by atoms with E-state index in [1.165, 1.54) is 14.0 Å². The lowest BCUT2D eigenvalue weighted by Gasteiger charge is -2.62. The fourth-order valence-electron chi connectivity index (χ4n) is 6.58. The summed E-state index contributed by atoms with van der Waals surface area (Å²) < 4.78 is 24.1. The van der Waals surface area contributed by atoms with Crippen molar-refractivity contribution in [3.05, 3.63) is 0 Å². The van der Waals surface area contributed by atoms with Crippen LogP contribution in [0.2, 0.25) is 18.1 Å². The summed E-state index contributed by atoms with van der Waals surface area (Å²) in [4.78, 5) is 28.0. The molecule has 1 heterocycles. The number of piperidine rings is 1. The maximum atomic E-state index is 13.6. The third-order valence-corrected chi connectivity index (χ3v) is 13.5. The van der Waals surface area contributed by atoms with Crippen molar-refractivity contribution in [2.24, 2.45) is 16.7 Å². The lowest BCUT2D eigenvalue weighted by molar-refractivity contribution is -0.220. The molecule has 0 radical (unpaired) electrons. The number of hydrogen-bond donors (Lipinski definition) is 0. The molecule has 1 saturated heterocycles. The van der Waals surface area contributed by atoms with Crippen molar-refractivity contribution < 1.29 is 28.2 Å². The Bertz CT molecular complexity index is 736. The highest BCUT2D eigenvalue weighted by Crippen LogP contribution is 2.66. The fourth-order valence-corrected chi connectivity index (χ4v) is 7.66. The summed E-state index contributed by atoms with van der Waals surface area (Å²) in [5, 5.41) is 0.102. The number of hydrogen-bond acceptors (Lipinski definition) is 7. The van der Waals surface area contributed by atoms with Crippen molar-refractivity contribution in [1.29, 1.82) is 0 Å². The SMILES string of the molecule is CCN1C[C@]2(CO[Si](C)(C)C(C)(C)C)CC[C@@H](OC)[C@]3(C(=O)OC)C1[C@H](OC(C)=O)C[C@H]23. The van der Waals surface area contributed by atoms with Gasteiger partial charge in [0, 0.05) is 32.6 Å². The van der Waals surface area contributed by atoms with E-state index in [0.29, 0.717) is 13.0 Å². The zero-order valence-corrected chi connectivity index (χ0v) is 22.4. The first-order valence-electron chi connectivity index (χ1n) is 12.0. The average Bonchev–Trinajstić information content (AvgIpc) is 2.97. The number of likely N-dealkylation sites (tertiary alicyclic amines) is 1. The van der Waals surface area contributed by atoms with Gasteiger partial charge in [-0.25, -0.2) is 0 Å². The number of nitrogens with zero attached hydrogens (tertiary/aromatic N) is 1. The lowest BCUT2D eigenvalue weighted by atomic mass is 9.51. The van der Waals surface area contributed by atoms with E-state index in [1.807, 2.05) is 0 Å². The molecule has 7 nitrogen and oxygen atoms in total. The second-order valence-corrected chi connectivity index (χ2v) is 16.4. The molecule has 2 aliphatic carbocycles. The molecule has 0 aromatic carbocycles. The van der Waals surface area contributed by atoms with Crippen LogP contribution < -0.4 is 0 Å². The van der Waals surface area contributed by atoms with Gasteiger partial charge in [0.25, 0.3) is 0 Å². The fraction of sp³-hybridized carbons (Fsp3) is 0.917. The van der Waals surface area contributed by atoms with Crippen molar-refractivity contribution in [2.45, 2.75) is 90.3 Å². The standard InChI is InChI=1S/C24H43NO6Si/c1-10-25-14-23(15-30-32(8,9)22(3,4)5)12-11-19(28-6)24(21(27)29-7)18(23)13-17(20(24)25)31-16(2)26/h17-20H,10-15H2,1-9H3/t17-,18-,19-,20?,23+,24+/m1/s1. The molecule has 4 bridgehead atoms. The van der Waals surface area contributed by atoms with Gasteiger partial charge in [-0.3, -0.25) is 14.5 Å². The van der Waals surface area contributed by atoms with Crippen molar-refractivity contribution in [3.63, 3.8) is 0 Å². The normalized spacial score (nSPS) is 37.3. The van der Waals surface area contributed by atoms with E-state index >= 15 is 0 Å². The topological polar surface area (TPSA) is 74.3 Å². The van der Waals surface area contributed by atoms with Gasteiger partial charge in [0.05, 0.1) is 19.3 Å². The molecule has 0 spiro atoms. The highest BCUT2D eigenvalue weighted by molar-refractivity contribution is 6.74. The van der Waals surface area contributed by atoms with Gasteiger partial charge in [-0.15, -0.1) is 0 Å². The number of carbonyl (C=O) groups excluding carboxylic acids is 2. The van der Waals surface area contributed by atoms with Crippen LogP contribution in [-0.4, -0.2) is 77.3 Å². The molecule has 2 saturated carbocycles. The minimum atomic E-state index is -1.99. The minimum absolute atomic E-state index is 0.0249. The first-order valence-corrected chi connectivity index (χ1v) is 14.9. The zero-order valence-electron chi connectivity index (χ0n) is 21.4. The Kier molecular flexibility index (Phi) is 6.95. The highest BCUT2D eigenvalue weighted by atomic mass is 28.4. The molecule has 184 valence electrons. The molecule has 0 aromatic rings. The van der Waals surface area contributed by atoms with Gasteiger partial charge in [-0.05, 0) is 49.9 Å². The summed E-state index contributed by atoms with van der Waals surface area (Å²) >= 11 is 0. The monoisotopic (exact) mass is 469 g/mol. The number of methoxy groups -OCH3 is 2. The van der Waals surface area contributed by atoms with Crippen LogP contribution in [-0.2, 0) is 28.2 Å². The van der Waals surface area contributed by atoms with Gasteiger partial charge < -0.3 is 18.6 Å². The van der Waals surface area contributed by atoms with Gasteiger partial charge in [0.2, 0.25) is 0 Å². The van der Waals surface area contributed by atoms with Crippen LogP contribution >= 0.6 is 0 Å². The smallest absolute Gasteiger partial charge is 0.316 e. The Morgan fingerprint density at radius 3 is 2.34 bits per heavy atom. The molecule has 8 heteroatoms. The van der Waals surface area contributed by atoms with E-state index in [4.69, 9.17) is 18.6 Å². The van der Waals surface area contributed by atoms with E-state index in [9.17, 15) is 9.59 Å². The van der Waals surface area contributed by atoms with Crippen molar-refractivity contribution in [3.8, 4) is 0 Å². The lowest BCUT2D eigenvalue weighted by Crippen LogP contribution is -2.72. The van der Waals surface area contributed by atoms with E-state index in [1.54, 1.807) is 7.11 Å². The number of esters is 2. The van der Waals surface area contributed by atoms with Crippen LogP contribution in [0.1, 0.15) is 53.9 Å². The molecular formula is C24H43NO6Si. The number of likely N-dealkylation sites (N-methyl/N-ethyl adjacent to an activating group) is 1. The van der Waals surface area contributed by atoms with Gasteiger partial charge in [-0.2, -0.15) is 0 Å². The molecule has 6 atom stereocenters. The third kappa shape index (κ3) is 3.75. The third-order valence-electron chi connectivity index (χ3n) is 9.05. The Balaban J connectivity index is 2.11. The Morgan fingerprint density at radius 2 is 1.84 bits per heavy atom. The first kappa shape index (κ1) is 25.7. The Hall–Kier alpha value is -0.963. The van der Waals surface area contributed by atoms with E-state index in [-0.39, 0.29) is 46.6 Å². The largest absolute Gasteiger partial charge is 0.468 e. The molecule has 32 heavy (non-hydrogen) atoms. The molecule has 0 amide bonds. The van der Waals surface area contributed by atoms with Gasteiger partial charge >= 0.3 is 11.9 Å². The minimum Gasteiger partial charge on any atom is -0.468 e. The van der Waals surface area contributed by atoms with Crippen molar-refractivity contribution in [1.82, 2.24) is 4.90 Å². The molecule has 1 aliphatic heterocycles. The number of rotatable bonds is 7. The molecule has 0 N–H and O–H groups in total. The van der Waals surface area contributed by atoms with E-state index < -0.39 is 13.7 Å². The molecule has 3 aliphatic rings. The van der Waals surface area contributed by atoms with Gasteiger partial charge in [-0.1, -0.05) is 27.7 Å². The van der Waals surface area contributed by atoms with Crippen LogP contribution in [0.15, 0.2) is 0 Å². The summed E-state index contributed by atoms with van der Waals surface area (Å²) in [5.74, 6) is -0.583. The van der Waals surface area contributed by atoms with E-state index in [2.05, 4.69) is 45.7 Å². The number of ether oxygens (including phenoxy) is 3. The van der Waals surface area contributed by atoms with Gasteiger partial charge in [0.1, 0.15) is 11.5 Å².